The maximum atomic E-state index is 10.1. The SMILES string of the molecule is Cc1nn(C)c(CC(O)CSC2CCCC2)c1Cl. The van der Waals surface area contributed by atoms with Gasteiger partial charge in [0.2, 0.25) is 0 Å². The summed E-state index contributed by atoms with van der Waals surface area (Å²) in [4.78, 5) is 0. The van der Waals surface area contributed by atoms with Crippen molar-refractivity contribution in [1.29, 1.82) is 0 Å². The molecule has 1 saturated carbocycles. The Hall–Kier alpha value is -0.190. The molecule has 0 saturated heterocycles. The van der Waals surface area contributed by atoms with Crippen LogP contribution in [0, 0.1) is 6.92 Å². The van der Waals surface area contributed by atoms with Gasteiger partial charge in [0, 0.05) is 24.5 Å². The van der Waals surface area contributed by atoms with Crippen molar-refractivity contribution in [2.75, 3.05) is 5.75 Å². The van der Waals surface area contributed by atoms with Gasteiger partial charge in [0.25, 0.3) is 0 Å². The Labute approximate surface area is 118 Å². The van der Waals surface area contributed by atoms with Gasteiger partial charge >= 0.3 is 0 Å². The van der Waals surface area contributed by atoms with Gasteiger partial charge in [0.15, 0.2) is 0 Å². The molecule has 2 rings (SSSR count). The van der Waals surface area contributed by atoms with E-state index in [1.165, 1.54) is 25.7 Å². The lowest BCUT2D eigenvalue weighted by Crippen LogP contribution is -2.17. The van der Waals surface area contributed by atoms with Gasteiger partial charge in [-0.05, 0) is 19.8 Å². The van der Waals surface area contributed by atoms with E-state index in [4.69, 9.17) is 11.6 Å². The Morgan fingerprint density at radius 3 is 2.72 bits per heavy atom. The normalized spacial score (nSPS) is 18.4. The van der Waals surface area contributed by atoms with E-state index < -0.39 is 0 Å². The van der Waals surface area contributed by atoms with Gasteiger partial charge in [0.05, 0.1) is 22.5 Å². The van der Waals surface area contributed by atoms with Gasteiger partial charge in [-0.3, -0.25) is 4.68 Å². The minimum Gasteiger partial charge on any atom is -0.392 e. The summed E-state index contributed by atoms with van der Waals surface area (Å²) in [5, 5.41) is 15.8. The summed E-state index contributed by atoms with van der Waals surface area (Å²) < 4.78 is 1.78. The fraction of sp³-hybridized carbons (Fsp3) is 0.769. The first-order valence-corrected chi connectivity index (χ1v) is 7.98. The second-order valence-corrected chi connectivity index (χ2v) is 6.78. The second-order valence-electron chi connectivity index (χ2n) is 5.07. The monoisotopic (exact) mass is 288 g/mol. The Kier molecular flexibility index (Phi) is 4.98. The van der Waals surface area contributed by atoms with Crippen molar-refractivity contribution >= 4 is 23.4 Å². The minimum atomic E-state index is -0.331. The largest absolute Gasteiger partial charge is 0.392 e. The van der Waals surface area contributed by atoms with E-state index in [9.17, 15) is 5.11 Å². The van der Waals surface area contributed by atoms with Crippen molar-refractivity contribution < 1.29 is 5.11 Å². The van der Waals surface area contributed by atoms with Crippen molar-refractivity contribution in [2.24, 2.45) is 7.05 Å². The molecule has 1 unspecified atom stereocenters. The molecule has 0 radical (unpaired) electrons. The third-order valence-electron chi connectivity index (χ3n) is 3.52. The number of aryl methyl sites for hydroxylation is 2. The molecule has 0 aromatic carbocycles. The summed E-state index contributed by atoms with van der Waals surface area (Å²) in [6.45, 7) is 1.89. The molecule has 3 nitrogen and oxygen atoms in total. The first-order valence-electron chi connectivity index (χ1n) is 6.55. The van der Waals surface area contributed by atoms with Crippen LogP contribution < -0.4 is 0 Å². The quantitative estimate of drug-likeness (QED) is 0.905. The van der Waals surface area contributed by atoms with Crippen molar-refractivity contribution in [3.05, 3.63) is 16.4 Å². The third-order valence-corrected chi connectivity index (χ3v) is 5.53. The number of hydrogen-bond donors (Lipinski definition) is 1. The van der Waals surface area contributed by atoms with Crippen LogP contribution in [0.5, 0.6) is 0 Å². The molecule has 1 aliphatic rings. The predicted octanol–water partition coefficient (Wildman–Crippen LogP) is 2.96. The molecule has 18 heavy (non-hydrogen) atoms. The first-order chi connectivity index (χ1) is 8.58. The van der Waals surface area contributed by atoms with Gasteiger partial charge in [-0.2, -0.15) is 16.9 Å². The van der Waals surface area contributed by atoms with E-state index in [2.05, 4.69) is 5.10 Å². The summed E-state index contributed by atoms with van der Waals surface area (Å²) in [7, 11) is 1.88. The summed E-state index contributed by atoms with van der Waals surface area (Å²) in [5.74, 6) is 0.797. The summed E-state index contributed by atoms with van der Waals surface area (Å²) in [5.41, 5.74) is 1.78. The Balaban J connectivity index is 1.84. The van der Waals surface area contributed by atoms with Crippen LogP contribution in [0.1, 0.15) is 37.1 Å². The van der Waals surface area contributed by atoms with Crippen molar-refractivity contribution in [2.45, 2.75) is 50.4 Å². The molecule has 5 heteroatoms. The van der Waals surface area contributed by atoms with Crippen molar-refractivity contribution in [3.8, 4) is 0 Å². The second kappa shape index (κ2) is 6.31. The number of rotatable bonds is 5. The highest BCUT2D eigenvalue weighted by Crippen LogP contribution is 2.30. The van der Waals surface area contributed by atoms with Crippen LogP contribution in [-0.2, 0) is 13.5 Å². The van der Waals surface area contributed by atoms with E-state index in [0.717, 1.165) is 22.4 Å². The van der Waals surface area contributed by atoms with Crippen LogP contribution >= 0.6 is 23.4 Å². The fourth-order valence-corrected chi connectivity index (χ4v) is 4.00. The molecule has 0 bridgehead atoms. The molecule has 1 heterocycles. The highest BCUT2D eigenvalue weighted by atomic mass is 35.5. The summed E-state index contributed by atoms with van der Waals surface area (Å²) in [6, 6.07) is 0. The number of hydrogen-bond acceptors (Lipinski definition) is 3. The van der Waals surface area contributed by atoms with E-state index in [0.29, 0.717) is 11.4 Å². The molecule has 1 N–H and O–H groups in total. The number of halogens is 1. The third kappa shape index (κ3) is 3.43. The van der Waals surface area contributed by atoms with Gasteiger partial charge in [-0.25, -0.2) is 0 Å². The zero-order chi connectivity index (χ0) is 13.1. The van der Waals surface area contributed by atoms with Crippen molar-refractivity contribution in [1.82, 2.24) is 9.78 Å². The standard InChI is InChI=1S/C13H21ClN2OS/c1-9-13(14)12(16(2)15-9)7-10(17)8-18-11-5-3-4-6-11/h10-11,17H,3-8H2,1-2H3. The van der Waals surface area contributed by atoms with Crippen LogP contribution in [-0.4, -0.2) is 32.0 Å². The van der Waals surface area contributed by atoms with Crippen molar-refractivity contribution in [3.63, 3.8) is 0 Å². The first kappa shape index (κ1) is 14.2. The van der Waals surface area contributed by atoms with E-state index in [1.807, 2.05) is 25.7 Å². The van der Waals surface area contributed by atoms with E-state index >= 15 is 0 Å². The highest BCUT2D eigenvalue weighted by Gasteiger charge is 2.19. The molecule has 1 atom stereocenters. The number of aromatic nitrogens is 2. The number of thioether (sulfide) groups is 1. The average molecular weight is 289 g/mol. The van der Waals surface area contributed by atoms with E-state index in [1.54, 1.807) is 4.68 Å². The van der Waals surface area contributed by atoms with Gasteiger partial charge in [0.1, 0.15) is 0 Å². The number of nitrogens with zero attached hydrogens (tertiary/aromatic N) is 2. The van der Waals surface area contributed by atoms with Gasteiger partial charge < -0.3 is 5.11 Å². The molecule has 1 aromatic heterocycles. The highest BCUT2D eigenvalue weighted by molar-refractivity contribution is 7.99. The number of aliphatic hydroxyl groups excluding tert-OH is 1. The molecule has 0 aliphatic heterocycles. The molecule has 102 valence electrons. The predicted molar refractivity (Wildman–Crippen MR) is 77.4 cm³/mol. The Morgan fingerprint density at radius 1 is 1.50 bits per heavy atom. The molecule has 1 fully saturated rings. The van der Waals surface area contributed by atoms with E-state index in [-0.39, 0.29) is 6.10 Å². The Morgan fingerprint density at radius 2 is 2.17 bits per heavy atom. The fourth-order valence-electron chi connectivity index (χ4n) is 2.49. The van der Waals surface area contributed by atoms with Crippen LogP contribution in [0.15, 0.2) is 0 Å². The lowest BCUT2D eigenvalue weighted by Gasteiger charge is -2.14. The lowest BCUT2D eigenvalue weighted by molar-refractivity contribution is 0.197. The zero-order valence-corrected chi connectivity index (χ0v) is 12.6. The van der Waals surface area contributed by atoms with Gasteiger partial charge in [-0.15, -0.1) is 0 Å². The van der Waals surface area contributed by atoms with Crippen LogP contribution in [0.2, 0.25) is 5.02 Å². The summed E-state index contributed by atoms with van der Waals surface area (Å²) >= 11 is 8.09. The average Bonchev–Trinajstić information content (AvgIpc) is 2.92. The molecular formula is C13H21ClN2OS. The van der Waals surface area contributed by atoms with Crippen LogP contribution in [0.25, 0.3) is 0 Å². The molecule has 0 amide bonds. The van der Waals surface area contributed by atoms with Crippen LogP contribution in [0.3, 0.4) is 0 Å². The number of aliphatic hydroxyl groups is 1. The molecule has 1 aromatic rings. The maximum absolute atomic E-state index is 10.1. The summed E-state index contributed by atoms with van der Waals surface area (Å²) in [6.07, 6.45) is 5.57. The Bertz CT molecular complexity index is 402. The lowest BCUT2D eigenvalue weighted by atomic mass is 10.2. The zero-order valence-electron chi connectivity index (χ0n) is 11.0. The topological polar surface area (TPSA) is 38.0 Å². The molecule has 1 aliphatic carbocycles. The molecule has 0 spiro atoms. The minimum absolute atomic E-state index is 0.331. The van der Waals surface area contributed by atoms with Crippen LogP contribution in [0.4, 0.5) is 0 Å². The maximum Gasteiger partial charge on any atom is 0.0847 e. The van der Waals surface area contributed by atoms with Gasteiger partial charge in [-0.1, -0.05) is 24.4 Å². The smallest absolute Gasteiger partial charge is 0.0847 e. The molecular weight excluding hydrogens is 268 g/mol.